The van der Waals surface area contributed by atoms with E-state index in [9.17, 15) is 0 Å². The minimum Gasteiger partial charge on any atom is -0.251 e. The van der Waals surface area contributed by atoms with Gasteiger partial charge in [-0.1, -0.05) is 36.4 Å². The molecule has 2 nitrogen and oxygen atoms in total. The van der Waals surface area contributed by atoms with Gasteiger partial charge in [-0.15, -0.1) is 0 Å². The number of hydrogen-bond donors (Lipinski definition) is 1. The molecule has 1 aromatic rings. The normalized spacial score (nSPS) is 20.6. The molecule has 0 radical (unpaired) electrons. The van der Waals surface area contributed by atoms with E-state index >= 15 is 0 Å². The molecule has 1 unspecified atom stereocenters. The van der Waals surface area contributed by atoms with Crippen molar-refractivity contribution in [3.63, 3.8) is 0 Å². The van der Waals surface area contributed by atoms with Crippen molar-refractivity contribution in [1.82, 2.24) is 0 Å². The van der Waals surface area contributed by atoms with Crippen LogP contribution >= 0.6 is 0 Å². The molecule has 1 N–H and O–H groups in total. The summed E-state index contributed by atoms with van der Waals surface area (Å²) in [6.07, 6.45) is 4.41. The van der Waals surface area contributed by atoms with Gasteiger partial charge in [0.1, 0.15) is 6.10 Å². The Labute approximate surface area is 71.0 Å². The molecule has 0 aliphatic heterocycles. The van der Waals surface area contributed by atoms with Crippen LogP contribution in [0.15, 0.2) is 30.3 Å². The average Bonchev–Trinajstić information content (AvgIpc) is 2.17. The van der Waals surface area contributed by atoms with E-state index in [0.29, 0.717) is 0 Å². The van der Waals surface area contributed by atoms with Gasteiger partial charge in [0.2, 0.25) is 0 Å². The van der Waals surface area contributed by atoms with Crippen molar-refractivity contribution in [2.24, 2.45) is 0 Å². The van der Waals surface area contributed by atoms with Crippen LogP contribution in [0.1, 0.15) is 11.1 Å². The van der Waals surface area contributed by atoms with Crippen LogP contribution in [0, 0.1) is 0 Å². The first-order valence-corrected chi connectivity index (χ1v) is 3.96. The maximum atomic E-state index is 8.47. The zero-order valence-corrected chi connectivity index (χ0v) is 6.60. The fraction of sp³-hybridized carbons (Fsp3) is 0.200. The Balaban J connectivity index is 2.33. The maximum Gasteiger partial charge on any atom is 0.115 e. The summed E-state index contributed by atoms with van der Waals surface area (Å²) >= 11 is 0. The van der Waals surface area contributed by atoms with E-state index in [4.69, 9.17) is 5.26 Å². The molecule has 0 saturated heterocycles. The number of benzene rings is 1. The molecular formula is C10H10O2. The molecule has 0 heterocycles. The van der Waals surface area contributed by atoms with Crippen LogP contribution in [0.5, 0.6) is 0 Å². The summed E-state index contributed by atoms with van der Waals surface area (Å²) in [7, 11) is 0. The molecule has 0 fully saturated rings. The summed E-state index contributed by atoms with van der Waals surface area (Å²) in [6.45, 7) is 0. The molecule has 62 valence electrons. The maximum absolute atomic E-state index is 8.47. The molecule has 2 rings (SSSR count). The zero-order valence-electron chi connectivity index (χ0n) is 6.60. The molecule has 0 saturated carbocycles. The van der Waals surface area contributed by atoms with Gasteiger partial charge in [-0.3, -0.25) is 5.26 Å². The van der Waals surface area contributed by atoms with Gasteiger partial charge in [-0.2, -0.15) is 0 Å². The lowest BCUT2D eigenvalue weighted by Gasteiger charge is -2.15. The van der Waals surface area contributed by atoms with Gasteiger partial charge < -0.3 is 0 Å². The third kappa shape index (κ3) is 1.26. The Morgan fingerprint density at radius 2 is 2.17 bits per heavy atom. The second kappa shape index (κ2) is 3.09. The Hall–Kier alpha value is -1.12. The van der Waals surface area contributed by atoms with Crippen LogP contribution < -0.4 is 0 Å². The Kier molecular flexibility index (Phi) is 1.94. The molecule has 12 heavy (non-hydrogen) atoms. The van der Waals surface area contributed by atoms with Crippen molar-refractivity contribution in [2.75, 3.05) is 0 Å². The first kappa shape index (κ1) is 7.53. The second-order valence-corrected chi connectivity index (χ2v) is 2.91. The predicted octanol–water partition coefficient (Wildman–Crippen LogP) is 2.11. The fourth-order valence-electron chi connectivity index (χ4n) is 1.45. The summed E-state index contributed by atoms with van der Waals surface area (Å²) < 4.78 is 0. The van der Waals surface area contributed by atoms with Crippen LogP contribution in [0.4, 0.5) is 0 Å². The van der Waals surface area contributed by atoms with Crippen molar-refractivity contribution < 1.29 is 10.1 Å². The van der Waals surface area contributed by atoms with Crippen molar-refractivity contribution in [3.8, 4) is 0 Å². The first-order valence-electron chi connectivity index (χ1n) is 3.96. The molecule has 1 aliphatic carbocycles. The smallest absolute Gasteiger partial charge is 0.115 e. The molecule has 1 aliphatic rings. The third-order valence-electron chi connectivity index (χ3n) is 2.10. The van der Waals surface area contributed by atoms with Crippen molar-refractivity contribution in [3.05, 3.63) is 41.5 Å². The lowest BCUT2D eigenvalue weighted by atomic mass is 9.96. The lowest BCUT2D eigenvalue weighted by molar-refractivity contribution is -0.265. The van der Waals surface area contributed by atoms with Gasteiger partial charge in [0, 0.05) is 6.42 Å². The van der Waals surface area contributed by atoms with Gasteiger partial charge in [0.25, 0.3) is 0 Å². The van der Waals surface area contributed by atoms with E-state index in [-0.39, 0.29) is 6.10 Å². The summed E-state index contributed by atoms with van der Waals surface area (Å²) in [6, 6.07) is 8.10. The van der Waals surface area contributed by atoms with E-state index in [2.05, 4.69) is 11.0 Å². The van der Waals surface area contributed by atoms with Crippen LogP contribution in [-0.4, -0.2) is 11.4 Å². The highest BCUT2D eigenvalue weighted by molar-refractivity contribution is 5.57. The SMILES string of the molecule is OOC1C=Cc2ccccc2C1. The van der Waals surface area contributed by atoms with E-state index < -0.39 is 0 Å². The van der Waals surface area contributed by atoms with Gasteiger partial charge >= 0.3 is 0 Å². The van der Waals surface area contributed by atoms with E-state index in [1.807, 2.05) is 30.4 Å². The highest BCUT2D eigenvalue weighted by Crippen LogP contribution is 2.19. The summed E-state index contributed by atoms with van der Waals surface area (Å²) in [5.41, 5.74) is 2.44. The Morgan fingerprint density at radius 3 is 3.00 bits per heavy atom. The second-order valence-electron chi connectivity index (χ2n) is 2.91. The molecule has 0 spiro atoms. The lowest BCUT2D eigenvalue weighted by Crippen LogP contribution is -2.14. The third-order valence-corrected chi connectivity index (χ3v) is 2.10. The fourth-order valence-corrected chi connectivity index (χ4v) is 1.45. The van der Waals surface area contributed by atoms with Gasteiger partial charge in [-0.05, 0) is 11.1 Å². The minimum absolute atomic E-state index is 0.181. The number of rotatable bonds is 1. The van der Waals surface area contributed by atoms with Gasteiger partial charge in [0.05, 0.1) is 0 Å². The highest BCUT2D eigenvalue weighted by Gasteiger charge is 2.12. The monoisotopic (exact) mass is 162 g/mol. The van der Waals surface area contributed by atoms with Gasteiger partial charge in [-0.25, -0.2) is 4.89 Å². The highest BCUT2D eigenvalue weighted by atomic mass is 17.1. The topological polar surface area (TPSA) is 29.5 Å². The molecular weight excluding hydrogens is 152 g/mol. The van der Waals surface area contributed by atoms with Crippen molar-refractivity contribution >= 4 is 6.08 Å². The van der Waals surface area contributed by atoms with Crippen LogP contribution in [0.2, 0.25) is 0 Å². The number of hydrogen-bond acceptors (Lipinski definition) is 2. The van der Waals surface area contributed by atoms with E-state index in [0.717, 1.165) is 6.42 Å². The zero-order chi connectivity index (χ0) is 8.39. The average molecular weight is 162 g/mol. The molecule has 1 atom stereocenters. The minimum atomic E-state index is -0.181. The predicted molar refractivity (Wildman–Crippen MR) is 46.7 cm³/mol. The first-order chi connectivity index (χ1) is 5.90. The quantitative estimate of drug-likeness (QED) is 0.506. The Morgan fingerprint density at radius 1 is 1.33 bits per heavy atom. The van der Waals surface area contributed by atoms with Crippen LogP contribution in [-0.2, 0) is 11.3 Å². The Bertz CT molecular complexity index is 304. The molecule has 2 heteroatoms. The van der Waals surface area contributed by atoms with Crippen LogP contribution in [0.3, 0.4) is 0 Å². The van der Waals surface area contributed by atoms with Crippen LogP contribution in [0.25, 0.3) is 6.08 Å². The molecule has 0 bridgehead atoms. The van der Waals surface area contributed by atoms with E-state index in [1.165, 1.54) is 11.1 Å². The largest absolute Gasteiger partial charge is 0.251 e. The summed E-state index contributed by atoms with van der Waals surface area (Å²) in [5, 5.41) is 8.47. The molecule has 0 aromatic heterocycles. The van der Waals surface area contributed by atoms with Crippen molar-refractivity contribution in [2.45, 2.75) is 12.5 Å². The van der Waals surface area contributed by atoms with Gasteiger partial charge in [0.15, 0.2) is 0 Å². The van der Waals surface area contributed by atoms with E-state index in [1.54, 1.807) is 0 Å². The van der Waals surface area contributed by atoms with Crippen molar-refractivity contribution in [1.29, 1.82) is 0 Å². The standard InChI is InChI=1S/C10H10O2/c11-12-10-6-5-8-3-1-2-4-9(8)7-10/h1-6,10-11H,7H2. The molecule has 0 amide bonds. The summed E-state index contributed by atoms with van der Waals surface area (Å²) in [5.74, 6) is 0. The summed E-state index contributed by atoms with van der Waals surface area (Å²) in [4.78, 5) is 4.26. The number of fused-ring (bicyclic) bond motifs is 1. The molecule has 1 aromatic carbocycles.